The molecule has 3 heteroatoms. The molecule has 1 rings (SSSR count). The number of nitrogens with one attached hydrogen (secondary N) is 1. The van der Waals surface area contributed by atoms with Crippen LogP contribution in [0.3, 0.4) is 0 Å². The molecular formula is C16H26N2O. The van der Waals surface area contributed by atoms with Crippen molar-refractivity contribution in [3.05, 3.63) is 29.8 Å². The van der Waals surface area contributed by atoms with Gasteiger partial charge in [-0.15, -0.1) is 0 Å². The first-order valence-corrected chi connectivity index (χ1v) is 7.23. The van der Waals surface area contributed by atoms with E-state index < -0.39 is 0 Å². The number of carbonyl (C=O) groups is 1. The highest BCUT2D eigenvalue weighted by Gasteiger charge is 2.10. The molecule has 0 spiro atoms. The lowest BCUT2D eigenvalue weighted by Crippen LogP contribution is -2.15. The van der Waals surface area contributed by atoms with Gasteiger partial charge in [-0.3, -0.25) is 4.79 Å². The second kappa shape index (κ2) is 8.70. The fraction of sp³-hybridized carbons (Fsp3) is 0.562. The van der Waals surface area contributed by atoms with Crippen molar-refractivity contribution >= 4 is 11.6 Å². The molecule has 0 saturated carbocycles. The largest absolute Gasteiger partial charge is 0.330 e. The molecule has 0 aliphatic heterocycles. The summed E-state index contributed by atoms with van der Waals surface area (Å²) in [5.74, 6) is 0.685. The van der Waals surface area contributed by atoms with Gasteiger partial charge in [0.05, 0.1) is 0 Å². The number of anilines is 1. The number of rotatable bonds is 8. The zero-order valence-electron chi connectivity index (χ0n) is 12.1. The Morgan fingerprint density at radius 3 is 2.63 bits per heavy atom. The second-order valence-electron chi connectivity index (χ2n) is 5.13. The molecule has 0 bridgehead atoms. The summed E-state index contributed by atoms with van der Waals surface area (Å²) < 4.78 is 0. The average Bonchev–Trinajstić information content (AvgIpc) is 2.39. The van der Waals surface area contributed by atoms with E-state index in [1.807, 2.05) is 31.2 Å². The standard InChI is InChI=1S/C16H26N2O/c1-3-6-14(11-12-17)9-10-16(19)18-15-8-5-4-7-13(15)2/h4-5,7-8,14H,3,6,9-12,17H2,1-2H3,(H,18,19). The van der Waals surface area contributed by atoms with Gasteiger partial charge in [0.1, 0.15) is 0 Å². The lowest BCUT2D eigenvalue weighted by Gasteiger charge is -2.15. The fourth-order valence-electron chi connectivity index (χ4n) is 2.34. The van der Waals surface area contributed by atoms with Crippen LogP contribution in [-0.2, 0) is 4.79 Å². The number of aryl methyl sites for hydroxylation is 1. The van der Waals surface area contributed by atoms with Crippen molar-refractivity contribution in [3.8, 4) is 0 Å². The van der Waals surface area contributed by atoms with Gasteiger partial charge >= 0.3 is 0 Å². The molecule has 0 aliphatic rings. The minimum absolute atomic E-state index is 0.104. The number of hydrogen-bond donors (Lipinski definition) is 2. The van der Waals surface area contributed by atoms with Crippen molar-refractivity contribution in [1.29, 1.82) is 0 Å². The van der Waals surface area contributed by atoms with E-state index in [9.17, 15) is 4.79 Å². The van der Waals surface area contributed by atoms with Crippen LogP contribution in [0.5, 0.6) is 0 Å². The van der Waals surface area contributed by atoms with Gasteiger partial charge in [-0.2, -0.15) is 0 Å². The predicted molar refractivity (Wildman–Crippen MR) is 81.1 cm³/mol. The summed E-state index contributed by atoms with van der Waals surface area (Å²) in [6.45, 7) is 4.89. The van der Waals surface area contributed by atoms with Crippen LogP contribution in [0.25, 0.3) is 0 Å². The normalized spacial score (nSPS) is 12.2. The Kier molecular flexibility index (Phi) is 7.19. The summed E-state index contributed by atoms with van der Waals surface area (Å²) in [4.78, 5) is 11.9. The zero-order valence-corrected chi connectivity index (χ0v) is 12.1. The Labute approximate surface area is 116 Å². The maximum Gasteiger partial charge on any atom is 0.224 e. The maximum atomic E-state index is 11.9. The smallest absolute Gasteiger partial charge is 0.224 e. The van der Waals surface area contributed by atoms with Crippen molar-refractivity contribution in [2.24, 2.45) is 11.7 Å². The molecule has 0 saturated heterocycles. The first kappa shape index (κ1) is 15.7. The van der Waals surface area contributed by atoms with Gasteiger partial charge in [0.15, 0.2) is 0 Å². The van der Waals surface area contributed by atoms with Crippen LogP contribution in [0.2, 0.25) is 0 Å². The van der Waals surface area contributed by atoms with Gasteiger partial charge in [0.25, 0.3) is 0 Å². The van der Waals surface area contributed by atoms with Gasteiger partial charge < -0.3 is 11.1 Å². The summed E-state index contributed by atoms with van der Waals surface area (Å²) in [6.07, 6.45) is 4.85. The maximum absolute atomic E-state index is 11.9. The van der Waals surface area contributed by atoms with Gasteiger partial charge in [0.2, 0.25) is 5.91 Å². The minimum Gasteiger partial charge on any atom is -0.330 e. The van der Waals surface area contributed by atoms with Crippen LogP contribution in [-0.4, -0.2) is 12.5 Å². The first-order valence-electron chi connectivity index (χ1n) is 7.23. The molecule has 1 atom stereocenters. The SMILES string of the molecule is CCCC(CCN)CCC(=O)Nc1ccccc1C. The molecule has 3 N–H and O–H groups in total. The van der Waals surface area contributed by atoms with Crippen LogP contribution in [0.15, 0.2) is 24.3 Å². The Bertz CT molecular complexity index is 384. The van der Waals surface area contributed by atoms with E-state index in [1.165, 1.54) is 0 Å². The van der Waals surface area contributed by atoms with Gasteiger partial charge in [-0.25, -0.2) is 0 Å². The van der Waals surface area contributed by atoms with E-state index in [-0.39, 0.29) is 5.91 Å². The average molecular weight is 262 g/mol. The highest BCUT2D eigenvalue weighted by Crippen LogP contribution is 2.18. The van der Waals surface area contributed by atoms with Gasteiger partial charge in [-0.1, -0.05) is 38.0 Å². The molecule has 0 aliphatic carbocycles. The zero-order chi connectivity index (χ0) is 14.1. The molecule has 1 amide bonds. The molecule has 0 radical (unpaired) electrons. The third kappa shape index (κ3) is 5.88. The predicted octanol–water partition coefficient (Wildman–Crippen LogP) is 3.48. The number of nitrogens with two attached hydrogens (primary N) is 1. The van der Waals surface area contributed by atoms with E-state index in [4.69, 9.17) is 5.73 Å². The van der Waals surface area contributed by atoms with Crippen LogP contribution in [0.4, 0.5) is 5.69 Å². The second-order valence-corrected chi connectivity index (χ2v) is 5.13. The van der Waals surface area contributed by atoms with E-state index >= 15 is 0 Å². The Balaban J connectivity index is 2.40. The number of amides is 1. The number of carbonyl (C=O) groups excluding carboxylic acids is 1. The van der Waals surface area contributed by atoms with Crippen LogP contribution < -0.4 is 11.1 Å². The number of benzene rings is 1. The van der Waals surface area contributed by atoms with Gasteiger partial charge in [0, 0.05) is 12.1 Å². The monoisotopic (exact) mass is 262 g/mol. The molecule has 1 unspecified atom stereocenters. The van der Waals surface area contributed by atoms with Crippen LogP contribution >= 0.6 is 0 Å². The fourth-order valence-corrected chi connectivity index (χ4v) is 2.34. The quantitative estimate of drug-likeness (QED) is 0.753. The summed E-state index contributed by atoms with van der Waals surface area (Å²) in [5.41, 5.74) is 7.62. The molecule has 1 aromatic carbocycles. The third-order valence-electron chi connectivity index (χ3n) is 3.47. The van der Waals surface area contributed by atoms with E-state index in [0.717, 1.165) is 36.9 Å². The van der Waals surface area contributed by atoms with Gasteiger partial charge in [-0.05, 0) is 43.9 Å². The summed E-state index contributed by atoms with van der Waals surface area (Å²) in [5, 5.41) is 2.98. The highest BCUT2D eigenvalue weighted by atomic mass is 16.1. The molecule has 106 valence electrons. The number of para-hydroxylation sites is 1. The highest BCUT2D eigenvalue weighted by molar-refractivity contribution is 5.91. The lowest BCUT2D eigenvalue weighted by atomic mass is 9.94. The molecular weight excluding hydrogens is 236 g/mol. The molecule has 3 nitrogen and oxygen atoms in total. The third-order valence-corrected chi connectivity index (χ3v) is 3.47. The minimum atomic E-state index is 0.104. The van der Waals surface area contributed by atoms with Crippen molar-refractivity contribution in [1.82, 2.24) is 0 Å². The summed E-state index contributed by atoms with van der Waals surface area (Å²) in [7, 11) is 0. The topological polar surface area (TPSA) is 55.1 Å². The van der Waals surface area contributed by atoms with Crippen LogP contribution in [0.1, 0.15) is 44.6 Å². The lowest BCUT2D eigenvalue weighted by molar-refractivity contribution is -0.116. The van der Waals surface area contributed by atoms with Crippen molar-refractivity contribution < 1.29 is 4.79 Å². The Morgan fingerprint density at radius 2 is 2.00 bits per heavy atom. The molecule has 19 heavy (non-hydrogen) atoms. The Morgan fingerprint density at radius 1 is 1.26 bits per heavy atom. The molecule has 0 aromatic heterocycles. The number of hydrogen-bond acceptors (Lipinski definition) is 2. The van der Waals surface area contributed by atoms with Crippen LogP contribution in [0, 0.1) is 12.8 Å². The van der Waals surface area contributed by atoms with E-state index in [1.54, 1.807) is 0 Å². The van der Waals surface area contributed by atoms with Crippen molar-refractivity contribution in [3.63, 3.8) is 0 Å². The van der Waals surface area contributed by atoms with E-state index in [0.29, 0.717) is 18.9 Å². The molecule has 0 heterocycles. The summed E-state index contributed by atoms with van der Waals surface area (Å²) in [6, 6.07) is 7.86. The molecule has 1 aromatic rings. The van der Waals surface area contributed by atoms with E-state index in [2.05, 4.69) is 12.2 Å². The first-order chi connectivity index (χ1) is 9.17. The van der Waals surface area contributed by atoms with Crippen molar-refractivity contribution in [2.45, 2.75) is 46.0 Å². The molecule has 0 fully saturated rings. The van der Waals surface area contributed by atoms with Crippen molar-refractivity contribution in [2.75, 3.05) is 11.9 Å². The summed E-state index contributed by atoms with van der Waals surface area (Å²) >= 11 is 0. The Hall–Kier alpha value is -1.35.